The minimum atomic E-state index is -0.0972. The Morgan fingerprint density at radius 1 is 1.20 bits per heavy atom. The summed E-state index contributed by atoms with van der Waals surface area (Å²) in [4.78, 5) is 24.7. The molecule has 1 N–H and O–H groups in total. The average Bonchev–Trinajstić information content (AvgIpc) is 3.54. The van der Waals surface area contributed by atoms with Crippen LogP contribution in [0.2, 0.25) is 0 Å². The number of aryl methyl sites for hydroxylation is 2. The van der Waals surface area contributed by atoms with E-state index in [0.717, 1.165) is 40.3 Å². The summed E-state index contributed by atoms with van der Waals surface area (Å²) in [6.45, 7) is 4.29. The Kier molecular flexibility index (Phi) is 6.15. The zero-order valence-corrected chi connectivity index (χ0v) is 19.2. The van der Waals surface area contributed by atoms with Gasteiger partial charge >= 0.3 is 0 Å². The Balaban J connectivity index is 1.55. The number of fused-ring (bicyclic) bond motifs is 1. The lowest BCUT2D eigenvalue weighted by Crippen LogP contribution is -2.14. The molecule has 2 aromatic heterocycles. The van der Waals surface area contributed by atoms with Gasteiger partial charge in [-0.15, -0.1) is 11.3 Å². The van der Waals surface area contributed by atoms with Crippen molar-refractivity contribution in [1.29, 1.82) is 0 Å². The van der Waals surface area contributed by atoms with Gasteiger partial charge in [0.2, 0.25) is 5.91 Å². The molecule has 3 aromatic rings. The second-order valence-corrected chi connectivity index (χ2v) is 9.44. The highest BCUT2D eigenvalue weighted by atomic mass is 32.2. The lowest BCUT2D eigenvalue weighted by molar-refractivity contribution is -0.113. The van der Waals surface area contributed by atoms with E-state index < -0.39 is 0 Å². The Bertz CT molecular complexity index is 1070. The third-order valence-corrected chi connectivity index (χ3v) is 7.12. The highest BCUT2D eigenvalue weighted by molar-refractivity contribution is 8.00. The molecule has 30 heavy (non-hydrogen) atoms. The molecular weight excluding hydrogens is 418 g/mol. The van der Waals surface area contributed by atoms with Crippen LogP contribution in [0.15, 0.2) is 23.2 Å². The van der Waals surface area contributed by atoms with Crippen molar-refractivity contribution < 1.29 is 14.3 Å². The second kappa shape index (κ2) is 8.81. The van der Waals surface area contributed by atoms with Gasteiger partial charge in [0.1, 0.15) is 27.2 Å². The van der Waals surface area contributed by atoms with Crippen LogP contribution in [0.25, 0.3) is 10.2 Å². The molecule has 4 rings (SSSR count). The van der Waals surface area contributed by atoms with Crippen LogP contribution in [0, 0.1) is 6.92 Å². The first-order valence-corrected chi connectivity index (χ1v) is 11.8. The first-order chi connectivity index (χ1) is 14.5. The number of amides is 1. The molecule has 0 atom stereocenters. The Hall–Kier alpha value is -2.32. The first kappa shape index (κ1) is 20.9. The summed E-state index contributed by atoms with van der Waals surface area (Å²) in [7, 11) is 3.17. The smallest absolute Gasteiger partial charge is 0.234 e. The second-order valence-electron chi connectivity index (χ2n) is 7.27. The van der Waals surface area contributed by atoms with Gasteiger partial charge in [0.25, 0.3) is 0 Å². The predicted octanol–water partition coefficient (Wildman–Crippen LogP) is 5.19. The number of thiophene rings is 1. The number of anilines is 1. The SMILES string of the molecule is CCc1c(C)sc2nc(C3CC3)nc(SCC(=O)Nc3cc(OC)cc(OC)c3)c12. The Morgan fingerprint density at radius 2 is 1.90 bits per heavy atom. The number of carbonyl (C=O) groups is 1. The summed E-state index contributed by atoms with van der Waals surface area (Å²) >= 11 is 3.21. The van der Waals surface area contributed by atoms with E-state index >= 15 is 0 Å². The fourth-order valence-corrected chi connectivity index (χ4v) is 5.46. The molecule has 1 aliphatic carbocycles. The third kappa shape index (κ3) is 4.39. The monoisotopic (exact) mass is 443 g/mol. The maximum Gasteiger partial charge on any atom is 0.234 e. The largest absolute Gasteiger partial charge is 0.497 e. The van der Waals surface area contributed by atoms with Gasteiger partial charge in [0.05, 0.1) is 20.0 Å². The molecule has 1 amide bonds. The zero-order valence-electron chi connectivity index (χ0n) is 17.6. The molecule has 0 spiro atoms. The number of ether oxygens (including phenoxy) is 2. The predicted molar refractivity (Wildman–Crippen MR) is 122 cm³/mol. The molecule has 158 valence electrons. The van der Waals surface area contributed by atoms with Crippen molar-refractivity contribution in [2.75, 3.05) is 25.3 Å². The maximum absolute atomic E-state index is 12.7. The summed E-state index contributed by atoms with van der Waals surface area (Å²) in [5.74, 6) is 2.83. The van der Waals surface area contributed by atoms with Crippen molar-refractivity contribution in [2.24, 2.45) is 0 Å². The standard InChI is InChI=1S/C22H25N3O3S2/c1-5-17-12(2)30-22-19(17)21(24-20(25-22)13-6-7-13)29-11-18(26)23-14-8-15(27-3)10-16(9-14)28-4/h8-10,13H,5-7,11H2,1-4H3,(H,23,26). The van der Waals surface area contributed by atoms with E-state index in [1.54, 1.807) is 43.8 Å². The number of nitrogens with zero attached hydrogens (tertiary/aromatic N) is 2. The van der Waals surface area contributed by atoms with Crippen LogP contribution in [0.4, 0.5) is 5.69 Å². The van der Waals surface area contributed by atoms with Gasteiger partial charge in [-0.1, -0.05) is 18.7 Å². The molecule has 0 aliphatic heterocycles. The van der Waals surface area contributed by atoms with E-state index in [1.165, 1.54) is 22.2 Å². The van der Waals surface area contributed by atoms with Crippen LogP contribution < -0.4 is 14.8 Å². The van der Waals surface area contributed by atoms with Crippen molar-refractivity contribution in [2.45, 2.75) is 44.1 Å². The molecule has 8 heteroatoms. The van der Waals surface area contributed by atoms with Crippen molar-refractivity contribution >= 4 is 44.9 Å². The van der Waals surface area contributed by atoms with E-state index in [1.807, 2.05) is 0 Å². The third-order valence-electron chi connectivity index (χ3n) is 5.11. The number of rotatable bonds is 8. The molecule has 1 aromatic carbocycles. The van der Waals surface area contributed by atoms with E-state index in [-0.39, 0.29) is 11.7 Å². The molecule has 0 saturated heterocycles. The minimum absolute atomic E-state index is 0.0972. The van der Waals surface area contributed by atoms with Crippen LogP contribution in [-0.4, -0.2) is 35.8 Å². The summed E-state index contributed by atoms with van der Waals surface area (Å²) in [6.07, 6.45) is 3.23. The van der Waals surface area contributed by atoms with Crippen molar-refractivity contribution in [3.8, 4) is 11.5 Å². The van der Waals surface area contributed by atoms with Crippen LogP contribution in [0.3, 0.4) is 0 Å². The van der Waals surface area contributed by atoms with Crippen molar-refractivity contribution in [3.63, 3.8) is 0 Å². The lowest BCUT2D eigenvalue weighted by Gasteiger charge is -2.10. The van der Waals surface area contributed by atoms with Crippen LogP contribution in [0.5, 0.6) is 11.5 Å². The quantitative estimate of drug-likeness (QED) is 0.382. The van der Waals surface area contributed by atoms with Crippen LogP contribution in [0.1, 0.15) is 41.9 Å². The van der Waals surface area contributed by atoms with Gasteiger partial charge in [0, 0.05) is 40.1 Å². The van der Waals surface area contributed by atoms with Gasteiger partial charge in [-0.3, -0.25) is 4.79 Å². The van der Waals surface area contributed by atoms with E-state index in [4.69, 9.17) is 19.4 Å². The summed E-state index contributed by atoms with van der Waals surface area (Å²) in [5, 5.41) is 4.97. The maximum atomic E-state index is 12.7. The van der Waals surface area contributed by atoms with Crippen molar-refractivity contribution in [3.05, 3.63) is 34.5 Å². The van der Waals surface area contributed by atoms with E-state index in [9.17, 15) is 4.79 Å². The van der Waals surface area contributed by atoms with Crippen molar-refractivity contribution in [1.82, 2.24) is 9.97 Å². The number of methoxy groups -OCH3 is 2. The number of hydrogen-bond acceptors (Lipinski definition) is 7. The highest BCUT2D eigenvalue weighted by Crippen LogP contribution is 2.42. The van der Waals surface area contributed by atoms with Gasteiger partial charge < -0.3 is 14.8 Å². The first-order valence-electron chi connectivity index (χ1n) is 9.98. The zero-order chi connectivity index (χ0) is 21.3. The van der Waals surface area contributed by atoms with Crippen LogP contribution >= 0.6 is 23.1 Å². The Labute approximate surface area is 184 Å². The normalized spacial score (nSPS) is 13.5. The highest BCUT2D eigenvalue weighted by Gasteiger charge is 2.29. The van der Waals surface area contributed by atoms with Gasteiger partial charge in [-0.05, 0) is 31.7 Å². The number of aromatic nitrogens is 2. The Morgan fingerprint density at radius 3 is 2.50 bits per heavy atom. The fraction of sp³-hybridized carbons (Fsp3) is 0.409. The molecule has 6 nitrogen and oxygen atoms in total. The number of nitrogens with one attached hydrogen (secondary N) is 1. The molecule has 2 heterocycles. The molecule has 1 aliphatic rings. The molecule has 1 fully saturated rings. The number of thioether (sulfide) groups is 1. The summed E-state index contributed by atoms with van der Waals surface area (Å²) in [6, 6.07) is 5.32. The average molecular weight is 444 g/mol. The van der Waals surface area contributed by atoms with Gasteiger partial charge in [-0.25, -0.2) is 9.97 Å². The molecule has 1 saturated carbocycles. The minimum Gasteiger partial charge on any atom is -0.497 e. The summed E-state index contributed by atoms with van der Waals surface area (Å²) in [5.41, 5.74) is 1.93. The molecule has 0 bridgehead atoms. The van der Waals surface area contributed by atoms with E-state index in [0.29, 0.717) is 23.1 Å². The fourth-order valence-electron chi connectivity index (χ4n) is 3.42. The van der Waals surface area contributed by atoms with Crippen LogP contribution in [-0.2, 0) is 11.2 Å². The van der Waals surface area contributed by atoms with E-state index in [2.05, 4.69) is 19.2 Å². The number of benzene rings is 1. The van der Waals surface area contributed by atoms with Gasteiger partial charge in [0.15, 0.2) is 0 Å². The molecule has 0 unspecified atom stereocenters. The summed E-state index contributed by atoms with van der Waals surface area (Å²) < 4.78 is 10.5. The molecular formula is C22H25N3O3S2. The molecule has 0 radical (unpaired) electrons. The lowest BCUT2D eigenvalue weighted by atomic mass is 10.1. The number of carbonyl (C=O) groups excluding carboxylic acids is 1. The number of hydrogen-bond donors (Lipinski definition) is 1. The van der Waals surface area contributed by atoms with Gasteiger partial charge in [-0.2, -0.15) is 0 Å². The topological polar surface area (TPSA) is 73.3 Å².